The van der Waals surface area contributed by atoms with Crippen molar-refractivity contribution in [2.24, 2.45) is 0 Å². The minimum absolute atomic E-state index is 0.215. The highest BCUT2D eigenvalue weighted by Gasteiger charge is 2.00. The first-order chi connectivity index (χ1) is 5.27. The largest absolute Gasteiger partial charge is 0.497 e. The predicted molar refractivity (Wildman–Crippen MR) is 42.0 cm³/mol. The SMILES string of the molecule is C[CH]c1cc(OC)ccc1F. The summed E-state index contributed by atoms with van der Waals surface area (Å²) in [5, 5.41) is 0. The van der Waals surface area contributed by atoms with Gasteiger partial charge in [0.25, 0.3) is 0 Å². The van der Waals surface area contributed by atoms with Crippen molar-refractivity contribution in [1.82, 2.24) is 0 Å². The van der Waals surface area contributed by atoms with Crippen LogP contribution in [0.3, 0.4) is 0 Å². The average molecular weight is 153 g/mol. The Hall–Kier alpha value is -1.05. The number of hydrogen-bond donors (Lipinski definition) is 0. The molecule has 1 nitrogen and oxygen atoms in total. The molecular weight excluding hydrogens is 143 g/mol. The van der Waals surface area contributed by atoms with Crippen LogP contribution >= 0.6 is 0 Å². The first kappa shape index (κ1) is 8.05. The maximum absolute atomic E-state index is 12.8. The third-order valence-corrected chi connectivity index (χ3v) is 1.51. The van der Waals surface area contributed by atoms with Gasteiger partial charge in [0.2, 0.25) is 0 Å². The molecule has 1 radical (unpaired) electrons. The lowest BCUT2D eigenvalue weighted by atomic mass is 10.1. The predicted octanol–water partition coefficient (Wildman–Crippen LogP) is 2.41. The molecule has 1 rings (SSSR count). The van der Waals surface area contributed by atoms with Crippen molar-refractivity contribution in [1.29, 1.82) is 0 Å². The zero-order chi connectivity index (χ0) is 8.27. The van der Waals surface area contributed by atoms with Gasteiger partial charge in [0, 0.05) is 0 Å². The van der Waals surface area contributed by atoms with Crippen LogP contribution in [0.5, 0.6) is 5.75 Å². The molecule has 0 fully saturated rings. The van der Waals surface area contributed by atoms with Crippen LogP contribution in [0, 0.1) is 12.2 Å². The second-order valence-electron chi connectivity index (χ2n) is 2.18. The van der Waals surface area contributed by atoms with Crippen LogP contribution in [0.2, 0.25) is 0 Å². The fraction of sp³-hybridized carbons (Fsp3) is 0.222. The van der Waals surface area contributed by atoms with Crippen LogP contribution in [0.15, 0.2) is 18.2 Å². The molecule has 0 saturated carbocycles. The molecule has 0 N–H and O–H groups in total. The van der Waals surface area contributed by atoms with Gasteiger partial charge >= 0.3 is 0 Å². The minimum Gasteiger partial charge on any atom is -0.497 e. The Morgan fingerprint density at radius 3 is 2.73 bits per heavy atom. The van der Waals surface area contributed by atoms with Gasteiger partial charge in [-0.3, -0.25) is 0 Å². The molecule has 0 aliphatic carbocycles. The second-order valence-corrected chi connectivity index (χ2v) is 2.18. The van der Waals surface area contributed by atoms with Crippen LogP contribution in [0.1, 0.15) is 12.5 Å². The summed E-state index contributed by atoms with van der Waals surface area (Å²) in [6.45, 7) is 1.79. The lowest BCUT2D eigenvalue weighted by Gasteiger charge is -2.02. The number of hydrogen-bond acceptors (Lipinski definition) is 1. The summed E-state index contributed by atoms with van der Waals surface area (Å²) in [7, 11) is 1.56. The Kier molecular flexibility index (Phi) is 2.47. The Bertz CT molecular complexity index is 245. The highest BCUT2D eigenvalue weighted by molar-refractivity contribution is 5.33. The van der Waals surface area contributed by atoms with Gasteiger partial charge in [-0.1, -0.05) is 6.92 Å². The van der Waals surface area contributed by atoms with Crippen molar-refractivity contribution in [2.45, 2.75) is 6.92 Å². The van der Waals surface area contributed by atoms with Gasteiger partial charge in [0.1, 0.15) is 11.6 Å². The normalized spacial score (nSPS) is 9.73. The molecule has 0 unspecified atom stereocenters. The summed E-state index contributed by atoms with van der Waals surface area (Å²) >= 11 is 0. The summed E-state index contributed by atoms with van der Waals surface area (Å²) in [4.78, 5) is 0. The van der Waals surface area contributed by atoms with E-state index >= 15 is 0 Å². The Balaban J connectivity index is 3.02. The fourth-order valence-corrected chi connectivity index (χ4v) is 0.870. The van der Waals surface area contributed by atoms with E-state index in [1.807, 2.05) is 0 Å². The van der Waals surface area contributed by atoms with Gasteiger partial charge in [-0.15, -0.1) is 0 Å². The molecular formula is C9H10FO. The average Bonchev–Trinajstić information content (AvgIpc) is 2.05. The van der Waals surface area contributed by atoms with Crippen molar-refractivity contribution in [3.05, 3.63) is 36.0 Å². The molecule has 1 aromatic rings. The molecule has 0 heterocycles. The minimum atomic E-state index is -0.215. The smallest absolute Gasteiger partial charge is 0.126 e. The summed E-state index contributed by atoms with van der Waals surface area (Å²) in [5.41, 5.74) is 0.573. The standard InChI is InChI=1S/C9H10FO/c1-3-7-6-8(11-2)4-5-9(7)10/h3-6H,1-2H3. The van der Waals surface area contributed by atoms with E-state index in [1.165, 1.54) is 6.07 Å². The van der Waals surface area contributed by atoms with E-state index in [-0.39, 0.29) is 5.82 Å². The quantitative estimate of drug-likeness (QED) is 0.634. The number of halogens is 1. The van der Waals surface area contributed by atoms with Gasteiger partial charge < -0.3 is 4.74 Å². The van der Waals surface area contributed by atoms with E-state index in [9.17, 15) is 4.39 Å². The summed E-state index contributed by atoms with van der Waals surface area (Å²) in [6.07, 6.45) is 1.71. The third-order valence-electron chi connectivity index (χ3n) is 1.51. The number of benzene rings is 1. The maximum Gasteiger partial charge on any atom is 0.126 e. The van der Waals surface area contributed by atoms with Crippen molar-refractivity contribution in [2.75, 3.05) is 7.11 Å². The molecule has 0 amide bonds. The molecule has 11 heavy (non-hydrogen) atoms. The lowest BCUT2D eigenvalue weighted by Crippen LogP contribution is -1.88. The van der Waals surface area contributed by atoms with Crippen LogP contribution in [-0.4, -0.2) is 7.11 Å². The molecule has 1 aromatic carbocycles. The molecule has 0 aliphatic heterocycles. The van der Waals surface area contributed by atoms with E-state index in [2.05, 4.69) is 0 Å². The lowest BCUT2D eigenvalue weighted by molar-refractivity contribution is 0.413. The Labute approximate surface area is 65.8 Å². The molecule has 0 bridgehead atoms. The molecule has 59 valence electrons. The summed E-state index contributed by atoms with van der Waals surface area (Å²) < 4.78 is 17.7. The molecule has 2 heteroatoms. The van der Waals surface area contributed by atoms with Crippen LogP contribution in [0.4, 0.5) is 4.39 Å². The first-order valence-electron chi connectivity index (χ1n) is 3.41. The Morgan fingerprint density at radius 2 is 2.18 bits per heavy atom. The third kappa shape index (κ3) is 1.70. The topological polar surface area (TPSA) is 9.23 Å². The van der Waals surface area contributed by atoms with Crippen molar-refractivity contribution in [3.8, 4) is 5.75 Å². The van der Waals surface area contributed by atoms with Crippen LogP contribution in [-0.2, 0) is 0 Å². The van der Waals surface area contributed by atoms with E-state index < -0.39 is 0 Å². The summed E-state index contributed by atoms with van der Waals surface area (Å²) in [6, 6.07) is 4.66. The van der Waals surface area contributed by atoms with Crippen LogP contribution in [0.25, 0.3) is 0 Å². The number of ether oxygens (including phenoxy) is 1. The van der Waals surface area contributed by atoms with Gasteiger partial charge in [-0.25, -0.2) is 4.39 Å². The van der Waals surface area contributed by atoms with Crippen molar-refractivity contribution >= 4 is 0 Å². The molecule has 0 spiro atoms. The van der Waals surface area contributed by atoms with E-state index in [4.69, 9.17) is 4.74 Å². The van der Waals surface area contributed by atoms with Crippen molar-refractivity contribution in [3.63, 3.8) is 0 Å². The van der Waals surface area contributed by atoms with Crippen LogP contribution < -0.4 is 4.74 Å². The van der Waals surface area contributed by atoms with E-state index in [0.717, 1.165) is 0 Å². The number of rotatable bonds is 2. The monoisotopic (exact) mass is 153 g/mol. The highest BCUT2D eigenvalue weighted by atomic mass is 19.1. The van der Waals surface area contributed by atoms with Gasteiger partial charge in [-0.05, 0) is 30.2 Å². The fourth-order valence-electron chi connectivity index (χ4n) is 0.870. The molecule has 0 atom stereocenters. The Morgan fingerprint density at radius 1 is 1.45 bits per heavy atom. The van der Waals surface area contributed by atoms with Gasteiger partial charge in [0.15, 0.2) is 0 Å². The zero-order valence-corrected chi connectivity index (χ0v) is 6.60. The molecule has 0 aromatic heterocycles. The second kappa shape index (κ2) is 3.37. The van der Waals surface area contributed by atoms with E-state index in [1.54, 1.807) is 32.6 Å². The van der Waals surface area contributed by atoms with Gasteiger partial charge in [0.05, 0.1) is 7.11 Å². The van der Waals surface area contributed by atoms with Gasteiger partial charge in [-0.2, -0.15) is 0 Å². The van der Waals surface area contributed by atoms with E-state index in [0.29, 0.717) is 11.3 Å². The summed E-state index contributed by atoms with van der Waals surface area (Å²) in [5.74, 6) is 0.466. The molecule has 0 aliphatic rings. The maximum atomic E-state index is 12.8. The zero-order valence-electron chi connectivity index (χ0n) is 6.60. The highest BCUT2D eigenvalue weighted by Crippen LogP contribution is 2.17. The molecule has 0 saturated heterocycles. The van der Waals surface area contributed by atoms with Crippen molar-refractivity contribution < 1.29 is 9.13 Å². The number of methoxy groups -OCH3 is 1. The first-order valence-corrected chi connectivity index (χ1v) is 3.41.